The minimum absolute atomic E-state index is 0.297. The summed E-state index contributed by atoms with van der Waals surface area (Å²) in [5, 5.41) is 24.7. The molecule has 1 saturated heterocycles. The summed E-state index contributed by atoms with van der Waals surface area (Å²) in [6, 6.07) is 14.2. The molecule has 0 spiro atoms. The molecule has 2 aliphatic heterocycles. The highest BCUT2D eigenvalue weighted by atomic mass is 16.5. The molecule has 4 aromatic rings. The maximum absolute atomic E-state index is 12.0. The second kappa shape index (κ2) is 10.1. The Balaban J connectivity index is 1.40. The Kier molecular flexibility index (Phi) is 6.27. The zero-order valence-electron chi connectivity index (χ0n) is 22.1. The van der Waals surface area contributed by atoms with Gasteiger partial charge in [-0.05, 0) is 66.0 Å². The SMILES string of the molecule is O=C(O)c1ccc2c(C3CCCCC3)c3n(c2c1)C=C(c1nnn(CC2CCOCC2)n1)Cc1ccccc1-3. The molecule has 0 radical (unpaired) electrons. The molecule has 2 aromatic heterocycles. The largest absolute Gasteiger partial charge is 0.478 e. The predicted octanol–water partition coefficient (Wildman–Crippen LogP) is 6.02. The van der Waals surface area contributed by atoms with Crippen LogP contribution < -0.4 is 0 Å². The van der Waals surface area contributed by atoms with Crippen LogP contribution in [0.2, 0.25) is 0 Å². The fourth-order valence-electron chi connectivity index (χ4n) is 6.74. The lowest BCUT2D eigenvalue weighted by molar-refractivity contribution is 0.0585. The zero-order valence-corrected chi connectivity index (χ0v) is 22.1. The monoisotopic (exact) mass is 523 g/mol. The number of hydrogen-bond donors (Lipinski definition) is 1. The molecule has 7 rings (SSSR count). The van der Waals surface area contributed by atoms with Crippen LogP contribution in [0.15, 0.2) is 42.5 Å². The first-order valence-corrected chi connectivity index (χ1v) is 14.2. The molecule has 0 amide bonds. The van der Waals surface area contributed by atoms with E-state index in [1.165, 1.54) is 41.6 Å². The molecule has 8 heteroatoms. The number of hydrogen-bond acceptors (Lipinski definition) is 5. The van der Waals surface area contributed by atoms with E-state index in [0.29, 0.717) is 29.6 Å². The molecule has 1 aliphatic carbocycles. The number of allylic oxidation sites excluding steroid dienone is 1. The summed E-state index contributed by atoms with van der Waals surface area (Å²) in [6.45, 7) is 2.32. The predicted molar refractivity (Wildman–Crippen MR) is 149 cm³/mol. The molecular formula is C31H33N5O3. The van der Waals surface area contributed by atoms with Gasteiger partial charge < -0.3 is 14.4 Å². The van der Waals surface area contributed by atoms with Gasteiger partial charge in [0.25, 0.3) is 0 Å². The van der Waals surface area contributed by atoms with Crippen LogP contribution in [0.4, 0.5) is 0 Å². The van der Waals surface area contributed by atoms with Crippen LogP contribution in [-0.4, -0.2) is 49.1 Å². The zero-order chi connectivity index (χ0) is 26.3. The number of carbonyl (C=O) groups is 1. The quantitative estimate of drug-likeness (QED) is 0.344. The fraction of sp³-hybridized carbons (Fsp3) is 0.419. The average Bonchev–Trinajstić information content (AvgIpc) is 3.51. The standard InChI is InChI=1S/C31H33N5O3/c37-31(38)23-10-11-26-27(17-23)35-19-24(30-32-34-36(33-30)18-20-12-14-39-15-13-20)16-22-8-4-5-9-25(22)29(35)28(26)21-6-2-1-3-7-21/h4-5,8-11,17,19-21H,1-3,6-7,12-16,18H2,(H,37,38). The van der Waals surface area contributed by atoms with Gasteiger partial charge in [-0.3, -0.25) is 0 Å². The van der Waals surface area contributed by atoms with E-state index in [0.717, 1.165) is 61.9 Å². The summed E-state index contributed by atoms with van der Waals surface area (Å²) in [7, 11) is 0. The van der Waals surface area contributed by atoms with Gasteiger partial charge in [0.1, 0.15) is 0 Å². The first-order valence-electron chi connectivity index (χ1n) is 14.2. The molecule has 3 aliphatic rings. The highest BCUT2D eigenvalue weighted by Gasteiger charge is 2.30. The molecular weight excluding hydrogens is 490 g/mol. The molecule has 0 atom stereocenters. The van der Waals surface area contributed by atoms with Gasteiger partial charge in [-0.15, -0.1) is 10.2 Å². The van der Waals surface area contributed by atoms with E-state index in [-0.39, 0.29) is 0 Å². The molecule has 8 nitrogen and oxygen atoms in total. The van der Waals surface area contributed by atoms with Crippen LogP contribution in [0.1, 0.15) is 78.2 Å². The first-order chi connectivity index (χ1) is 19.2. The number of aromatic carboxylic acids is 1. The Morgan fingerprint density at radius 3 is 2.67 bits per heavy atom. The third-order valence-corrected chi connectivity index (χ3v) is 8.74. The van der Waals surface area contributed by atoms with Gasteiger partial charge in [0.05, 0.1) is 23.3 Å². The van der Waals surface area contributed by atoms with Gasteiger partial charge in [0, 0.05) is 42.4 Å². The van der Waals surface area contributed by atoms with Crippen molar-refractivity contribution < 1.29 is 14.6 Å². The van der Waals surface area contributed by atoms with Crippen molar-refractivity contribution in [2.45, 2.75) is 63.8 Å². The van der Waals surface area contributed by atoms with Gasteiger partial charge in [-0.1, -0.05) is 49.6 Å². The number of aromatic nitrogens is 5. The Morgan fingerprint density at radius 2 is 1.85 bits per heavy atom. The molecule has 200 valence electrons. The average molecular weight is 524 g/mol. The second-order valence-electron chi connectivity index (χ2n) is 11.2. The Morgan fingerprint density at radius 1 is 1.03 bits per heavy atom. The molecule has 1 saturated carbocycles. The van der Waals surface area contributed by atoms with E-state index in [9.17, 15) is 9.90 Å². The summed E-state index contributed by atoms with van der Waals surface area (Å²) in [5.74, 6) is 0.662. The lowest BCUT2D eigenvalue weighted by atomic mass is 9.81. The van der Waals surface area contributed by atoms with E-state index in [1.54, 1.807) is 10.9 Å². The van der Waals surface area contributed by atoms with E-state index in [1.807, 2.05) is 12.1 Å². The van der Waals surface area contributed by atoms with Crippen molar-refractivity contribution in [3.63, 3.8) is 0 Å². The Labute approximate surface area is 227 Å². The normalized spacial score (nSPS) is 18.4. The number of rotatable bonds is 5. The summed E-state index contributed by atoms with van der Waals surface area (Å²) in [4.78, 5) is 13.7. The van der Waals surface area contributed by atoms with Crippen molar-refractivity contribution in [2.24, 2.45) is 5.92 Å². The molecule has 1 N–H and O–H groups in total. The molecule has 2 aromatic carbocycles. The smallest absolute Gasteiger partial charge is 0.335 e. The van der Waals surface area contributed by atoms with Crippen LogP contribution in [-0.2, 0) is 17.7 Å². The first kappa shape index (κ1) is 24.3. The highest BCUT2D eigenvalue weighted by molar-refractivity contribution is 6.01. The number of benzene rings is 2. The molecule has 2 fully saturated rings. The Bertz CT molecular complexity index is 1570. The fourth-order valence-corrected chi connectivity index (χ4v) is 6.74. The molecule has 0 unspecified atom stereocenters. The number of tetrazole rings is 1. The van der Waals surface area contributed by atoms with Crippen LogP contribution >= 0.6 is 0 Å². The lowest BCUT2D eigenvalue weighted by Gasteiger charge is -2.23. The number of nitrogens with zero attached hydrogens (tertiary/aromatic N) is 5. The summed E-state index contributed by atoms with van der Waals surface area (Å²) < 4.78 is 7.72. The van der Waals surface area contributed by atoms with E-state index >= 15 is 0 Å². The lowest BCUT2D eigenvalue weighted by Crippen LogP contribution is -2.21. The summed E-state index contributed by atoms with van der Waals surface area (Å²) >= 11 is 0. The molecule has 39 heavy (non-hydrogen) atoms. The minimum atomic E-state index is -0.914. The maximum Gasteiger partial charge on any atom is 0.335 e. The van der Waals surface area contributed by atoms with E-state index in [4.69, 9.17) is 9.84 Å². The number of carboxylic acid groups (broad SMARTS) is 1. The van der Waals surface area contributed by atoms with Crippen molar-refractivity contribution >= 4 is 28.6 Å². The van der Waals surface area contributed by atoms with Crippen molar-refractivity contribution in [3.8, 4) is 11.3 Å². The van der Waals surface area contributed by atoms with E-state index < -0.39 is 5.97 Å². The summed E-state index contributed by atoms with van der Waals surface area (Å²) in [5.41, 5.74) is 7.16. The third-order valence-electron chi connectivity index (χ3n) is 8.74. The summed E-state index contributed by atoms with van der Waals surface area (Å²) in [6.07, 6.45) is 10.9. The minimum Gasteiger partial charge on any atom is -0.478 e. The van der Waals surface area contributed by atoms with Crippen LogP contribution in [0.25, 0.3) is 33.9 Å². The Hall–Kier alpha value is -3.78. The van der Waals surface area contributed by atoms with Gasteiger partial charge in [-0.25, -0.2) is 4.79 Å². The highest BCUT2D eigenvalue weighted by Crippen LogP contribution is 2.47. The molecule has 0 bridgehead atoms. The van der Waals surface area contributed by atoms with Crippen molar-refractivity contribution in [1.29, 1.82) is 0 Å². The number of fused-ring (bicyclic) bond motifs is 5. The van der Waals surface area contributed by atoms with Gasteiger partial charge >= 0.3 is 5.97 Å². The molecule has 4 heterocycles. The van der Waals surface area contributed by atoms with Gasteiger partial charge in [-0.2, -0.15) is 4.80 Å². The van der Waals surface area contributed by atoms with Crippen LogP contribution in [0, 0.1) is 5.92 Å². The van der Waals surface area contributed by atoms with Crippen molar-refractivity contribution in [3.05, 3.63) is 65.0 Å². The van der Waals surface area contributed by atoms with Crippen LogP contribution in [0.3, 0.4) is 0 Å². The topological polar surface area (TPSA) is 95.1 Å². The second-order valence-corrected chi connectivity index (χ2v) is 11.2. The van der Waals surface area contributed by atoms with Crippen molar-refractivity contribution in [1.82, 2.24) is 24.8 Å². The van der Waals surface area contributed by atoms with Gasteiger partial charge in [0.15, 0.2) is 0 Å². The van der Waals surface area contributed by atoms with Crippen molar-refractivity contribution in [2.75, 3.05) is 13.2 Å². The van der Waals surface area contributed by atoms with Gasteiger partial charge in [0.2, 0.25) is 5.82 Å². The number of carboxylic acids is 1. The number of ether oxygens (including phenoxy) is 1. The van der Waals surface area contributed by atoms with E-state index in [2.05, 4.69) is 45.3 Å². The van der Waals surface area contributed by atoms with Crippen LogP contribution in [0.5, 0.6) is 0 Å². The third kappa shape index (κ3) is 4.46. The maximum atomic E-state index is 12.0.